The maximum Gasteiger partial charge on any atom is 0.138 e. The molecule has 0 bridgehead atoms. The van der Waals surface area contributed by atoms with E-state index in [0.29, 0.717) is 10.9 Å². The number of phenols is 1. The van der Waals surface area contributed by atoms with E-state index in [4.69, 9.17) is 22.1 Å². The van der Waals surface area contributed by atoms with Crippen molar-refractivity contribution in [2.24, 2.45) is 11.7 Å². The van der Waals surface area contributed by atoms with Crippen molar-refractivity contribution in [2.45, 2.75) is 18.9 Å². The van der Waals surface area contributed by atoms with Crippen LogP contribution < -0.4 is 5.73 Å². The van der Waals surface area contributed by atoms with Crippen molar-refractivity contribution >= 4 is 11.6 Å². The first-order chi connectivity index (χ1) is 7.70. The van der Waals surface area contributed by atoms with Gasteiger partial charge in [-0.3, -0.25) is 0 Å². The summed E-state index contributed by atoms with van der Waals surface area (Å²) in [5, 5.41) is 10.2. The Balaban J connectivity index is 2.19. The molecule has 3 nitrogen and oxygen atoms in total. The lowest BCUT2D eigenvalue weighted by atomic mass is 9.87. The van der Waals surface area contributed by atoms with Crippen LogP contribution in [0.5, 0.6) is 5.75 Å². The van der Waals surface area contributed by atoms with Gasteiger partial charge in [-0.1, -0.05) is 23.7 Å². The average Bonchev–Trinajstić information content (AvgIpc) is 2.33. The Hall–Kier alpha value is -0.770. The van der Waals surface area contributed by atoms with Crippen LogP contribution in [0.2, 0.25) is 5.02 Å². The Morgan fingerprint density at radius 3 is 2.75 bits per heavy atom. The van der Waals surface area contributed by atoms with Crippen molar-refractivity contribution in [3.8, 4) is 5.75 Å². The van der Waals surface area contributed by atoms with E-state index in [1.165, 1.54) is 0 Å². The zero-order valence-electron chi connectivity index (χ0n) is 9.03. The van der Waals surface area contributed by atoms with Gasteiger partial charge in [0.2, 0.25) is 0 Å². The number of phenolic OH excluding ortho intramolecular Hbond substituents is 1. The molecule has 88 valence electrons. The monoisotopic (exact) mass is 241 g/mol. The smallest absolute Gasteiger partial charge is 0.138 e. The molecule has 0 amide bonds. The molecule has 0 spiro atoms. The lowest BCUT2D eigenvalue weighted by molar-refractivity contribution is 0.0581. The van der Waals surface area contributed by atoms with Crippen molar-refractivity contribution in [1.82, 2.24) is 0 Å². The Morgan fingerprint density at radius 1 is 1.38 bits per heavy atom. The van der Waals surface area contributed by atoms with Gasteiger partial charge in [0.25, 0.3) is 0 Å². The number of para-hydroxylation sites is 1. The number of rotatable bonds is 2. The molecule has 16 heavy (non-hydrogen) atoms. The number of ether oxygens (including phenoxy) is 1. The molecule has 0 radical (unpaired) electrons. The number of nitrogens with two attached hydrogens (primary N) is 1. The van der Waals surface area contributed by atoms with Crippen LogP contribution in [-0.4, -0.2) is 18.3 Å². The van der Waals surface area contributed by atoms with Gasteiger partial charge in [0, 0.05) is 24.8 Å². The number of halogens is 1. The van der Waals surface area contributed by atoms with Gasteiger partial charge in [0.1, 0.15) is 5.75 Å². The Kier molecular flexibility index (Phi) is 3.69. The molecule has 3 N–H and O–H groups in total. The van der Waals surface area contributed by atoms with Crippen molar-refractivity contribution in [2.75, 3.05) is 13.2 Å². The molecule has 1 atom stereocenters. The van der Waals surface area contributed by atoms with Gasteiger partial charge in [0.05, 0.1) is 5.02 Å². The molecule has 1 aromatic carbocycles. The molecule has 1 aliphatic rings. The van der Waals surface area contributed by atoms with Gasteiger partial charge in [-0.25, -0.2) is 0 Å². The second kappa shape index (κ2) is 5.04. The lowest BCUT2D eigenvalue weighted by Gasteiger charge is -2.28. The summed E-state index contributed by atoms with van der Waals surface area (Å²) in [6.45, 7) is 1.50. The van der Waals surface area contributed by atoms with Crippen LogP contribution in [0.3, 0.4) is 0 Å². The van der Waals surface area contributed by atoms with E-state index < -0.39 is 0 Å². The topological polar surface area (TPSA) is 55.5 Å². The third-order valence-corrected chi connectivity index (χ3v) is 3.46. The third kappa shape index (κ3) is 2.32. The first-order valence-electron chi connectivity index (χ1n) is 5.51. The summed E-state index contributed by atoms with van der Waals surface area (Å²) >= 11 is 5.87. The van der Waals surface area contributed by atoms with E-state index in [1.807, 2.05) is 12.1 Å². The minimum atomic E-state index is -0.164. The van der Waals surface area contributed by atoms with Crippen molar-refractivity contribution in [3.05, 3.63) is 28.8 Å². The average molecular weight is 242 g/mol. The van der Waals surface area contributed by atoms with Gasteiger partial charge in [-0.05, 0) is 24.8 Å². The van der Waals surface area contributed by atoms with Crippen molar-refractivity contribution < 1.29 is 9.84 Å². The van der Waals surface area contributed by atoms with Crippen molar-refractivity contribution in [1.29, 1.82) is 0 Å². The molecule has 2 rings (SSSR count). The summed E-state index contributed by atoms with van der Waals surface area (Å²) in [5.41, 5.74) is 6.90. The van der Waals surface area contributed by atoms with Crippen LogP contribution in [0.4, 0.5) is 0 Å². The van der Waals surface area contributed by atoms with E-state index >= 15 is 0 Å². The van der Waals surface area contributed by atoms with Crippen LogP contribution in [0.15, 0.2) is 18.2 Å². The first-order valence-corrected chi connectivity index (χ1v) is 5.88. The molecule has 0 unspecified atom stereocenters. The van der Waals surface area contributed by atoms with Crippen LogP contribution in [-0.2, 0) is 4.74 Å². The molecule has 1 aromatic rings. The van der Waals surface area contributed by atoms with E-state index in [2.05, 4.69) is 0 Å². The zero-order chi connectivity index (χ0) is 11.5. The Bertz CT molecular complexity index is 364. The highest BCUT2D eigenvalue weighted by molar-refractivity contribution is 6.32. The summed E-state index contributed by atoms with van der Waals surface area (Å²) in [6, 6.07) is 5.15. The van der Waals surface area contributed by atoms with Crippen LogP contribution >= 0.6 is 11.6 Å². The zero-order valence-corrected chi connectivity index (χ0v) is 9.78. The van der Waals surface area contributed by atoms with Crippen molar-refractivity contribution in [3.63, 3.8) is 0 Å². The highest BCUT2D eigenvalue weighted by Gasteiger charge is 2.24. The molecule has 0 aromatic heterocycles. The highest BCUT2D eigenvalue weighted by atomic mass is 35.5. The molecule has 4 heteroatoms. The number of hydrogen-bond donors (Lipinski definition) is 2. The summed E-state index contributed by atoms with van der Waals surface area (Å²) in [5.74, 6) is 0.473. The minimum Gasteiger partial charge on any atom is -0.506 e. The molecular formula is C12H16ClNO2. The molecular weight excluding hydrogens is 226 g/mol. The van der Waals surface area contributed by atoms with Gasteiger partial charge in [0.15, 0.2) is 0 Å². The maximum absolute atomic E-state index is 9.86. The minimum absolute atomic E-state index is 0.114. The lowest BCUT2D eigenvalue weighted by Crippen LogP contribution is -2.27. The third-order valence-electron chi connectivity index (χ3n) is 3.15. The molecule has 0 aliphatic carbocycles. The van der Waals surface area contributed by atoms with Gasteiger partial charge < -0.3 is 15.6 Å². The largest absolute Gasteiger partial charge is 0.506 e. The molecule has 1 fully saturated rings. The summed E-state index contributed by atoms with van der Waals surface area (Å²) < 4.78 is 5.30. The van der Waals surface area contributed by atoms with E-state index in [9.17, 15) is 5.11 Å². The fourth-order valence-corrected chi connectivity index (χ4v) is 2.31. The first kappa shape index (κ1) is 11.7. The van der Waals surface area contributed by atoms with Gasteiger partial charge >= 0.3 is 0 Å². The second-order valence-electron chi connectivity index (χ2n) is 4.15. The second-order valence-corrected chi connectivity index (χ2v) is 4.56. The van der Waals surface area contributed by atoms with E-state index in [-0.39, 0.29) is 11.8 Å². The predicted molar refractivity (Wildman–Crippen MR) is 63.6 cm³/mol. The van der Waals surface area contributed by atoms with E-state index in [1.54, 1.807) is 6.07 Å². The molecule has 1 saturated heterocycles. The number of benzene rings is 1. The molecule has 1 aliphatic heterocycles. The number of hydrogen-bond acceptors (Lipinski definition) is 3. The SMILES string of the molecule is N[C@@H](c1cccc(Cl)c1O)C1CCOCC1. The summed E-state index contributed by atoms with van der Waals surface area (Å²) in [6.07, 6.45) is 1.88. The van der Waals surface area contributed by atoms with Gasteiger partial charge in [-0.2, -0.15) is 0 Å². The predicted octanol–water partition coefficient (Wildman–Crippen LogP) is 2.47. The van der Waals surface area contributed by atoms with Crippen LogP contribution in [0.25, 0.3) is 0 Å². The number of aromatic hydroxyl groups is 1. The van der Waals surface area contributed by atoms with Crippen LogP contribution in [0, 0.1) is 5.92 Å². The molecule has 1 heterocycles. The van der Waals surface area contributed by atoms with Crippen LogP contribution in [0.1, 0.15) is 24.4 Å². The maximum atomic E-state index is 9.86. The van der Waals surface area contributed by atoms with E-state index in [0.717, 1.165) is 31.6 Å². The normalized spacial score (nSPS) is 19.6. The quantitative estimate of drug-likeness (QED) is 0.836. The summed E-state index contributed by atoms with van der Waals surface area (Å²) in [7, 11) is 0. The van der Waals surface area contributed by atoms with Gasteiger partial charge in [-0.15, -0.1) is 0 Å². The summed E-state index contributed by atoms with van der Waals surface area (Å²) in [4.78, 5) is 0. The molecule has 0 saturated carbocycles. The Labute approximate surface area is 100 Å². The fourth-order valence-electron chi connectivity index (χ4n) is 2.13. The highest BCUT2D eigenvalue weighted by Crippen LogP contribution is 2.36. The fraction of sp³-hybridized carbons (Fsp3) is 0.500. The standard InChI is InChI=1S/C12H16ClNO2/c13-10-3-1-2-9(12(10)15)11(14)8-4-6-16-7-5-8/h1-3,8,11,15H,4-7,14H2/t11-/m1/s1. The Morgan fingerprint density at radius 2 is 2.06 bits per heavy atom.